The summed E-state index contributed by atoms with van der Waals surface area (Å²) in [5, 5.41) is 0. The van der Waals surface area contributed by atoms with Crippen LogP contribution < -0.4 is 0 Å². The van der Waals surface area contributed by atoms with Gasteiger partial charge in [0, 0.05) is 18.2 Å². The van der Waals surface area contributed by atoms with E-state index < -0.39 is 0 Å². The SMILES string of the molecule is C/C(=N\c1ncc(-c2ccc(F)cc2)cc1C)C(=O)CCCCCc1ccccc1. The largest absolute Gasteiger partial charge is 0.293 e. The number of carbonyl (C=O) groups is 1. The van der Waals surface area contributed by atoms with E-state index in [1.54, 1.807) is 25.3 Å². The highest BCUT2D eigenvalue weighted by Gasteiger charge is 2.09. The Morgan fingerprint density at radius 1 is 0.967 bits per heavy atom. The van der Waals surface area contributed by atoms with Gasteiger partial charge in [-0.1, -0.05) is 48.9 Å². The maximum absolute atomic E-state index is 13.1. The third kappa shape index (κ3) is 6.18. The third-order valence-electron chi connectivity index (χ3n) is 5.12. The number of aryl methyl sites for hydroxylation is 2. The predicted molar refractivity (Wildman–Crippen MR) is 121 cm³/mol. The molecular weight excluding hydrogens is 375 g/mol. The normalized spacial score (nSPS) is 11.5. The second-order valence-electron chi connectivity index (χ2n) is 7.54. The molecule has 4 heteroatoms. The van der Waals surface area contributed by atoms with Crippen LogP contribution in [0, 0.1) is 12.7 Å². The molecule has 2 aromatic carbocycles. The van der Waals surface area contributed by atoms with Gasteiger partial charge in [0.25, 0.3) is 0 Å². The Labute approximate surface area is 177 Å². The summed E-state index contributed by atoms with van der Waals surface area (Å²) in [5.74, 6) is 0.355. The molecule has 0 unspecified atom stereocenters. The van der Waals surface area contributed by atoms with E-state index in [-0.39, 0.29) is 11.6 Å². The van der Waals surface area contributed by atoms with Crippen LogP contribution in [0.5, 0.6) is 0 Å². The average Bonchev–Trinajstić information content (AvgIpc) is 2.76. The lowest BCUT2D eigenvalue weighted by molar-refractivity contribution is -0.113. The van der Waals surface area contributed by atoms with Gasteiger partial charge in [-0.05, 0) is 68.0 Å². The summed E-state index contributed by atoms with van der Waals surface area (Å²) in [6, 6.07) is 18.7. The summed E-state index contributed by atoms with van der Waals surface area (Å²) < 4.78 is 13.1. The minimum Gasteiger partial charge on any atom is -0.293 e. The second-order valence-corrected chi connectivity index (χ2v) is 7.54. The fourth-order valence-corrected chi connectivity index (χ4v) is 3.32. The van der Waals surface area contributed by atoms with E-state index in [2.05, 4.69) is 34.2 Å². The van der Waals surface area contributed by atoms with Gasteiger partial charge in [0.05, 0.1) is 5.71 Å². The molecule has 0 aliphatic rings. The first-order valence-corrected chi connectivity index (χ1v) is 10.4. The molecule has 3 aromatic rings. The van der Waals surface area contributed by atoms with Crippen LogP contribution in [0.25, 0.3) is 11.1 Å². The zero-order valence-corrected chi connectivity index (χ0v) is 17.6. The molecule has 3 rings (SSSR count). The van der Waals surface area contributed by atoms with E-state index in [1.165, 1.54) is 17.7 Å². The molecule has 0 bridgehead atoms. The van der Waals surface area contributed by atoms with E-state index >= 15 is 0 Å². The van der Waals surface area contributed by atoms with Gasteiger partial charge < -0.3 is 0 Å². The molecule has 30 heavy (non-hydrogen) atoms. The van der Waals surface area contributed by atoms with Crippen LogP contribution >= 0.6 is 0 Å². The van der Waals surface area contributed by atoms with Crippen molar-refractivity contribution in [2.75, 3.05) is 0 Å². The van der Waals surface area contributed by atoms with Crippen LogP contribution in [-0.4, -0.2) is 16.5 Å². The van der Waals surface area contributed by atoms with Crippen molar-refractivity contribution in [3.63, 3.8) is 0 Å². The lowest BCUT2D eigenvalue weighted by atomic mass is 10.0. The average molecular weight is 403 g/mol. The van der Waals surface area contributed by atoms with E-state index in [0.29, 0.717) is 18.0 Å². The van der Waals surface area contributed by atoms with Gasteiger partial charge >= 0.3 is 0 Å². The lowest BCUT2D eigenvalue weighted by Gasteiger charge is -2.06. The Hall–Kier alpha value is -3.14. The zero-order valence-electron chi connectivity index (χ0n) is 17.6. The predicted octanol–water partition coefficient (Wildman–Crippen LogP) is 6.66. The van der Waals surface area contributed by atoms with Gasteiger partial charge in [-0.15, -0.1) is 0 Å². The highest BCUT2D eigenvalue weighted by molar-refractivity contribution is 6.39. The first-order valence-electron chi connectivity index (χ1n) is 10.4. The number of halogens is 1. The van der Waals surface area contributed by atoms with Gasteiger partial charge in [-0.3, -0.25) is 4.79 Å². The van der Waals surface area contributed by atoms with Crippen molar-refractivity contribution in [1.29, 1.82) is 0 Å². The van der Waals surface area contributed by atoms with Gasteiger partial charge in [-0.25, -0.2) is 14.4 Å². The van der Waals surface area contributed by atoms with Gasteiger partial charge in [0.2, 0.25) is 0 Å². The molecule has 0 fully saturated rings. The van der Waals surface area contributed by atoms with Crippen molar-refractivity contribution in [2.24, 2.45) is 4.99 Å². The quantitative estimate of drug-likeness (QED) is 0.297. The Balaban J connectivity index is 1.52. The number of benzene rings is 2. The number of nitrogens with zero attached hydrogens (tertiary/aromatic N) is 2. The minimum atomic E-state index is -0.265. The van der Waals surface area contributed by atoms with Crippen LogP contribution in [0.3, 0.4) is 0 Å². The van der Waals surface area contributed by atoms with E-state index in [1.807, 2.05) is 19.1 Å². The molecule has 154 valence electrons. The number of aromatic nitrogens is 1. The molecule has 3 nitrogen and oxygen atoms in total. The maximum Gasteiger partial charge on any atom is 0.176 e. The number of hydrogen-bond acceptors (Lipinski definition) is 3. The van der Waals surface area contributed by atoms with E-state index in [0.717, 1.165) is 42.4 Å². The van der Waals surface area contributed by atoms with Gasteiger partial charge in [0.15, 0.2) is 11.6 Å². The number of unbranched alkanes of at least 4 members (excludes halogenated alkanes) is 2. The highest BCUT2D eigenvalue weighted by atomic mass is 19.1. The first-order chi connectivity index (χ1) is 14.5. The fourth-order valence-electron chi connectivity index (χ4n) is 3.32. The third-order valence-corrected chi connectivity index (χ3v) is 5.12. The standard InChI is InChI=1S/C26H27FN2O/c1-19-17-23(22-13-15-24(27)16-14-22)18-28-26(19)29-20(2)25(30)12-8-4-7-11-21-9-5-3-6-10-21/h3,5-6,9-10,13-18H,4,7-8,11-12H2,1-2H3/b29-20+. The number of ketones is 1. The number of carbonyl (C=O) groups excluding carboxylic acids is 1. The molecule has 0 spiro atoms. The van der Waals surface area contributed by atoms with E-state index in [9.17, 15) is 9.18 Å². The molecule has 0 radical (unpaired) electrons. The summed E-state index contributed by atoms with van der Waals surface area (Å²) in [7, 11) is 0. The molecular formula is C26H27FN2O. The molecule has 1 aromatic heterocycles. The number of pyridine rings is 1. The molecule has 0 aliphatic heterocycles. The molecule has 0 atom stereocenters. The summed E-state index contributed by atoms with van der Waals surface area (Å²) in [6.45, 7) is 3.67. The van der Waals surface area contributed by atoms with Crippen molar-refractivity contribution >= 4 is 17.3 Å². The molecule has 0 aliphatic carbocycles. The van der Waals surface area contributed by atoms with Crippen molar-refractivity contribution in [3.8, 4) is 11.1 Å². The number of rotatable bonds is 9. The van der Waals surface area contributed by atoms with Crippen molar-refractivity contribution in [1.82, 2.24) is 4.98 Å². The monoisotopic (exact) mass is 402 g/mol. The van der Waals surface area contributed by atoms with Crippen LogP contribution in [0.4, 0.5) is 10.2 Å². The smallest absolute Gasteiger partial charge is 0.176 e. The summed E-state index contributed by atoms with van der Waals surface area (Å²) in [4.78, 5) is 21.3. The highest BCUT2D eigenvalue weighted by Crippen LogP contribution is 2.24. The van der Waals surface area contributed by atoms with Gasteiger partial charge in [0.1, 0.15) is 5.82 Å². The summed E-state index contributed by atoms with van der Waals surface area (Å²) >= 11 is 0. The van der Waals surface area contributed by atoms with Crippen LogP contribution in [-0.2, 0) is 11.2 Å². The molecule has 0 N–H and O–H groups in total. The van der Waals surface area contributed by atoms with Crippen LogP contribution in [0.1, 0.15) is 43.7 Å². The minimum absolute atomic E-state index is 0.0681. The maximum atomic E-state index is 13.1. The summed E-state index contributed by atoms with van der Waals surface area (Å²) in [5.41, 5.74) is 4.50. The lowest BCUT2D eigenvalue weighted by Crippen LogP contribution is -2.09. The number of Topliss-reactive ketones (excluding diaryl/α,β-unsaturated/α-hetero) is 1. The topological polar surface area (TPSA) is 42.3 Å². The Bertz CT molecular complexity index is 1010. The van der Waals surface area contributed by atoms with Crippen LogP contribution in [0.2, 0.25) is 0 Å². The summed E-state index contributed by atoms with van der Waals surface area (Å²) in [6.07, 6.45) is 6.24. The van der Waals surface area contributed by atoms with Crippen molar-refractivity contribution in [2.45, 2.75) is 46.0 Å². The van der Waals surface area contributed by atoms with E-state index in [4.69, 9.17) is 0 Å². The Morgan fingerprint density at radius 2 is 1.70 bits per heavy atom. The Morgan fingerprint density at radius 3 is 2.40 bits per heavy atom. The van der Waals surface area contributed by atoms with Crippen molar-refractivity contribution < 1.29 is 9.18 Å². The molecule has 0 saturated heterocycles. The second kappa shape index (κ2) is 10.6. The molecule has 1 heterocycles. The molecule has 0 saturated carbocycles. The number of hydrogen-bond donors (Lipinski definition) is 0. The number of aliphatic imine (C=N–C) groups is 1. The fraction of sp³-hybridized carbons (Fsp3) is 0.269. The van der Waals surface area contributed by atoms with Gasteiger partial charge in [-0.2, -0.15) is 0 Å². The molecule has 0 amide bonds. The Kier molecular flexibility index (Phi) is 7.61. The first kappa shape index (κ1) is 21.6. The zero-order chi connectivity index (χ0) is 21.3. The van der Waals surface area contributed by atoms with Crippen molar-refractivity contribution in [3.05, 3.63) is 83.8 Å². The van der Waals surface area contributed by atoms with Crippen LogP contribution in [0.15, 0.2) is 71.9 Å².